The summed E-state index contributed by atoms with van der Waals surface area (Å²) in [4.78, 5) is 23.7. The minimum atomic E-state index is -0.730. The normalized spacial score (nSPS) is 13.7. The molecular weight excluding hydrogens is 287 g/mol. The molecule has 3 N–H and O–H groups in total. The fourth-order valence-electron chi connectivity index (χ4n) is 1.45. The molecule has 0 fully saturated rings. The fourth-order valence-corrected chi connectivity index (χ4v) is 1.84. The molecule has 19 heavy (non-hydrogen) atoms. The molecule has 0 aliphatic carbocycles. The average Bonchev–Trinajstić information content (AvgIpc) is 2.39. The Balaban J connectivity index is 2.80. The van der Waals surface area contributed by atoms with Gasteiger partial charge in [-0.15, -0.1) is 0 Å². The monoisotopic (exact) mass is 302 g/mol. The summed E-state index contributed by atoms with van der Waals surface area (Å²) in [5.74, 6) is -1.13. The molecule has 4 nitrogen and oxygen atoms in total. The molecule has 1 rings (SSSR count). The van der Waals surface area contributed by atoms with E-state index < -0.39 is 17.9 Å². The van der Waals surface area contributed by atoms with E-state index in [1.54, 1.807) is 12.1 Å². The number of amides is 2. The van der Waals surface area contributed by atoms with E-state index in [4.69, 9.17) is 28.9 Å². The van der Waals surface area contributed by atoms with Gasteiger partial charge < -0.3 is 5.73 Å². The number of rotatable bonds is 4. The van der Waals surface area contributed by atoms with Crippen molar-refractivity contribution >= 4 is 35.0 Å². The summed E-state index contributed by atoms with van der Waals surface area (Å²) in [5.41, 5.74) is 5.89. The first kappa shape index (κ1) is 16.0. The molecule has 0 saturated carbocycles. The first-order chi connectivity index (χ1) is 8.88. The van der Waals surface area contributed by atoms with Crippen LogP contribution in [0.25, 0.3) is 0 Å². The highest BCUT2D eigenvalue weighted by Crippen LogP contribution is 2.25. The first-order valence-corrected chi connectivity index (χ1v) is 6.68. The zero-order chi connectivity index (χ0) is 14.6. The number of carbonyl (C=O) groups is 2. The molecule has 6 heteroatoms. The van der Waals surface area contributed by atoms with Crippen molar-refractivity contribution in [1.82, 2.24) is 5.32 Å². The predicted octanol–water partition coefficient (Wildman–Crippen LogP) is 2.62. The summed E-state index contributed by atoms with van der Waals surface area (Å²) in [6.45, 7) is 3.77. The van der Waals surface area contributed by atoms with Gasteiger partial charge in [-0.25, -0.2) is 0 Å². The van der Waals surface area contributed by atoms with E-state index in [0.717, 1.165) is 6.42 Å². The molecule has 0 radical (unpaired) electrons. The van der Waals surface area contributed by atoms with Crippen LogP contribution in [-0.4, -0.2) is 17.9 Å². The summed E-state index contributed by atoms with van der Waals surface area (Å²) >= 11 is 11.7. The molecule has 0 spiro atoms. The SMILES string of the molecule is CC[C@H](C)[C@H](N)C(=O)NC(=O)c1cccc(Cl)c1Cl. The summed E-state index contributed by atoms with van der Waals surface area (Å²) in [6.07, 6.45) is 0.751. The number of carbonyl (C=O) groups excluding carboxylic acids is 2. The van der Waals surface area contributed by atoms with Gasteiger partial charge in [0.15, 0.2) is 0 Å². The van der Waals surface area contributed by atoms with E-state index in [1.807, 2.05) is 13.8 Å². The number of halogens is 2. The Bertz CT molecular complexity index is 492. The third-order valence-electron chi connectivity index (χ3n) is 2.99. The fraction of sp³-hybridized carbons (Fsp3) is 0.385. The van der Waals surface area contributed by atoms with Gasteiger partial charge in [0, 0.05) is 0 Å². The molecule has 2 amide bonds. The zero-order valence-corrected chi connectivity index (χ0v) is 12.3. The van der Waals surface area contributed by atoms with Crippen molar-refractivity contribution in [3.8, 4) is 0 Å². The number of hydrogen-bond donors (Lipinski definition) is 2. The highest BCUT2D eigenvalue weighted by Gasteiger charge is 2.22. The van der Waals surface area contributed by atoms with E-state index in [0.29, 0.717) is 0 Å². The minimum Gasteiger partial charge on any atom is -0.320 e. The van der Waals surface area contributed by atoms with Gasteiger partial charge in [-0.1, -0.05) is 49.5 Å². The number of nitrogens with one attached hydrogen (secondary N) is 1. The van der Waals surface area contributed by atoms with Crippen molar-refractivity contribution in [2.24, 2.45) is 11.7 Å². The molecule has 104 valence electrons. The Labute approximate surface area is 122 Å². The van der Waals surface area contributed by atoms with Crippen molar-refractivity contribution < 1.29 is 9.59 Å². The van der Waals surface area contributed by atoms with E-state index in [2.05, 4.69) is 5.32 Å². The van der Waals surface area contributed by atoms with E-state index in [9.17, 15) is 9.59 Å². The Hall–Kier alpha value is -1.10. The molecule has 1 aromatic carbocycles. The Kier molecular flexibility index (Phi) is 5.79. The maximum atomic E-state index is 11.9. The highest BCUT2D eigenvalue weighted by atomic mass is 35.5. The Morgan fingerprint density at radius 2 is 2.00 bits per heavy atom. The van der Waals surface area contributed by atoms with E-state index in [1.165, 1.54) is 6.07 Å². The number of hydrogen-bond acceptors (Lipinski definition) is 3. The van der Waals surface area contributed by atoms with Crippen LogP contribution in [0.1, 0.15) is 30.6 Å². The van der Waals surface area contributed by atoms with Gasteiger partial charge in [0.05, 0.1) is 21.7 Å². The second-order valence-electron chi connectivity index (χ2n) is 4.33. The lowest BCUT2D eigenvalue weighted by Crippen LogP contribution is -2.46. The summed E-state index contributed by atoms with van der Waals surface area (Å²) in [6, 6.07) is 3.91. The van der Waals surface area contributed by atoms with E-state index in [-0.39, 0.29) is 21.5 Å². The minimum absolute atomic E-state index is 0.0115. The predicted molar refractivity (Wildman–Crippen MR) is 76.4 cm³/mol. The van der Waals surface area contributed by atoms with Crippen LogP contribution in [0.15, 0.2) is 18.2 Å². The standard InChI is InChI=1S/C13H16Cl2N2O2/c1-3-7(2)11(16)13(19)17-12(18)8-5-4-6-9(14)10(8)15/h4-7,11H,3,16H2,1-2H3,(H,17,18,19)/t7-,11-/m0/s1. The van der Waals surface area contributed by atoms with Crippen LogP contribution < -0.4 is 11.1 Å². The molecule has 0 bridgehead atoms. The summed E-state index contributed by atoms with van der Waals surface area (Å²) < 4.78 is 0. The molecule has 0 unspecified atom stereocenters. The Morgan fingerprint density at radius 3 is 2.58 bits per heavy atom. The smallest absolute Gasteiger partial charge is 0.259 e. The lowest BCUT2D eigenvalue weighted by Gasteiger charge is -2.17. The average molecular weight is 303 g/mol. The third-order valence-corrected chi connectivity index (χ3v) is 3.81. The largest absolute Gasteiger partial charge is 0.320 e. The maximum Gasteiger partial charge on any atom is 0.259 e. The van der Waals surface area contributed by atoms with Crippen LogP contribution in [0.2, 0.25) is 10.0 Å². The molecule has 1 aromatic rings. The van der Waals surface area contributed by atoms with Crippen molar-refractivity contribution in [3.63, 3.8) is 0 Å². The number of imide groups is 1. The van der Waals surface area contributed by atoms with E-state index >= 15 is 0 Å². The van der Waals surface area contributed by atoms with Crippen LogP contribution >= 0.6 is 23.2 Å². The van der Waals surface area contributed by atoms with Gasteiger partial charge in [0.1, 0.15) is 0 Å². The molecule has 0 aliphatic rings. The Morgan fingerprint density at radius 1 is 1.37 bits per heavy atom. The molecular formula is C13H16Cl2N2O2. The van der Waals surface area contributed by atoms with Gasteiger partial charge in [0.25, 0.3) is 5.91 Å². The lowest BCUT2D eigenvalue weighted by atomic mass is 9.99. The van der Waals surface area contributed by atoms with Crippen molar-refractivity contribution in [1.29, 1.82) is 0 Å². The molecule has 0 aliphatic heterocycles. The second kappa shape index (κ2) is 6.89. The lowest BCUT2D eigenvalue weighted by molar-refractivity contribution is -0.122. The quantitative estimate of drug-likeness (QED) is 0.898. The topological polar surface area (TPSA) is 72.2 Å². The van der Waals surface area contributed by atoms with Crippen LogP contribution in [0.5, 0.6) is 0 Å². The third kappa shape index (κ3) is 3.93. The van der Waals surface area contributed by atoms with Gasteiger partial charge in [-0.3, -0.25) is 14.9 Å². The number of benzene rings is 1. The highest BCUT2D eigenvalue weighted by molar-refractivity contribution is 6.44. The summed E-state index contributed by atoms with van der Waals surface area (Å²) in [7, 11) is 0. The van der Waals surface area contributed by atoms with Gasteiger partial charge in [-0.05, 0) is 18.1 Å². The summed E-state index contributed by atoms with van der Waals surface area (Å²) in [5, 5.41) is 2.61. The molecule has 2 atom stereocenters. The van der Waals surface area contributed by atoms with Gasteiger partial charge >= 0.3 is 0 Å². The molecule has 0 aromatic heterocycles. The van der Waals surface area contributed by atoms with Crippen LogP contribution in [0.3, 0.4) is 0 Å². The van der Waals surface area contributed by atoms with Crippen molar-refractivity contribution in [3.05, 3.63) is 33.8 Å². The van der Waals surface area contributed by atoms with Gasteiger partial charge in [0.2, 0.25) is 5.91 Å². The van der Waals surface area contributed by atoms with Crippen LogP contribution in [-0.2, 0) is 4.79 Å². The zero-order valence-electron chi connectivity index (χ0n) is 10.7. The maximum absolute atomic E-state index is 11.9. The van der Waals surface area contributed by atoms with Crippen molar-refractivity contribution in [2.45, 2.75) is 26.3 Å². The first-order valence-electron chi connectivity index (χ1n) is 5.93. The molecule has 0 saturated heterocycles. The van der Waals surface area contributed by atoms with Crippen molar-refractivity contribution in [2.75, 3.05) is 0 Å². The molecule has 0 heterocycles. The number of nitrogens with two attached hydrogens (primary N) is 1. The van der Waals surface area contributed by atoms with Gasteiger partial charge in [-0.2, -0.15) is 0 Å². The second-order valence-corrected chi connectivity index (χ2v) is 5.12. The van der Waals surface area contributed by atoms with Crippen LogP contribution in [0.4, 0.5) is 0 Å². The van der Waals surface area contributed by atoms with Crippen LogP contribution in [0, 0.1) is 5.92 Å².